The van der Waals surface area contributed by atoms with Crippen LogP contribution in [0.1, 0.15) is 50.4 Å². The number of rotatable bonds is 9. The molecular weight excluding hydrogens is 343 g/mol. The molecule has 146 valence electrons. The summed E-state index contributed by atoms with van der Waals surface area (Å²) in [5, 5.41) is 3.23. The van der Waals surface area contributed by atoms with E-state index in [0.717, 1.165) is 17.8 Å². The van der Waals surface area contributed by atoms with E-state index in [2.05, 4.69) is 10.3 Å². The Morgan fingerprint density at radius 3 is 2.67 bits per heavy atom. The summed E-state index contributed by atoms with van der Waals surface area (Å²) in [6, 6.07) is 3.91. The van der Waals surface area contributed by atoms with Crippen LogP contribution in [0.5, 0.6) is 0 Å². The van der Waals surface area contributed by atoms with Crippen LogP contribution in [0.25, 0.3) is 0 Å². The van der Waals surface area contributed by atoms with Gasteiger partial charge in [-0.2, -0.15) is 0 Å². The quantitative estimate of drug-likeness (QED) is 0.454. The first-order valence-electron chi connectivity index (χ1n) is 9.25. The predicted molar refractivity (Wildman–Crippen MR) is 109 cm³/mol. The van der Waals surface area contributed by atoms with Gasteiger partial charge in [0.05, 0.1) is 0 Å². The number of ketones is 1. The molecule has 2 rings (SSSR count). The highest BCUT2D eigenvalue weighted by Gasteiger charge is 2.20. The number of Topliss-reactive ketones (excluding diaryl/α,β-unsaturated/α-hetero) is 1. The lowest BCUT2D eigenvalue weighted by atomic mass is 10.1. The van der Waals surface area contributed by atoms with Gasteiger partial charge in [-0.05, 0) is 69.4 Å². The fraction of sp³-hybridized carbons (Fsp3) is 0.429. The molecule has 0 aliphatic heterocycles. The molecule has 1 saturated carbocycles. The summed E-state index contributed by atoms with van der Waals surface area (Å²) in [5.41, 5.74) is 15.2. The third kappa shape index (κ3) is 6.98. The second-order valence-electron chi connectivity index (χ2n) is 7.24. The van der Waals surface area contributed by atoms with Crippen molar-refractivity contribution in [2.75, 3.05) is 11.9 Å². The smallest absolute Gasteiger partial charge is 0.161 e. The minimum atomic E-state index is -0.450. The molecule has 1 aromatic carbocycles. The van der Waals surface area contributed by atoms with Gasteiger partial charge in [0, 0.05) is 47.9 Å². The number of carbonyl (C=O) groups is 1. The first-order valence-corrected chi connectivity index (χ1v) is 9.25. The lowest BCUT2D eigenvalue weighted by Crippen LogP contribution is -2.16. The van der Waals surface area contributed by atoms with Crippen LogP contribution < -0.4 is 16.8 Å². The summed E-state index contributed by atoms with van der Waals surface area (Å²) in [6.07, 6.45) is 6.67. The van der Waals surface area contributed by atoms with Crippen molar-refractivity contribution in [1.82, 2.24) is 0 Å². The van der Waals surface area contributed by atoms with E-state index in [4.69, 9.17) is 11.5 Å². The Bertz CT molecular complexity index is 772. The van der Waals surface area contributed by atoms with Crippen molar-refractivity contribution in [1.29, 1.82) is 0 Å². The van der Waals surface area contributed by atoms with E-state index in [1.165, 1.54) is 31.9 Å². The van der Waals surface area contributed by atoms with Gasteiger partial charge in [0.15, 0.2) is 5.78 Å². The van der Waals surface area contributed by atoms with Crippen LogP contribution in [-0.4, -0.2) is 24.6 Å². The van der Waals surface area contributed by atoms with Crippen LogP contribution in [0, 0.1) is 11.7 Å². The van der Waals surface area contributed by atoms with Gasteiger partial charge in [-0.3, -0.25) is 9.79 Å². The van der Waals surface area contributed by atoms with Gasteiger partial charge in [-0.15, -0.1) is 0 Å². The Kier molecular flexibility index (Phi) is 7.30. The third-order valence-corrected chi connectivity index (χ3v) is 4.32. The molecule has 0 heterocycles. The van der Waals surface area contributed by atoms with E-state index < -0.39 is 5.82 Å². The van der Waals surface area contributed by atoms with E-state index in [-0.39, 0.29) is 11.8 Å². The molecule has 5 nitrogen and oxygen atoms in total. The van der Waals surface area contributed by atoms with Crippen molar-refractivity contribution in [3.63, 3.8) is 0 Å². The number of aliphatic imine (C=N–C) groups is 1. The van der Waals surface area contributed by atoms with Crippen LogP contribution in [0.15, 0.2) is 46.2 Å². The Balaban J connectivity index is 2.23. The highest BCUT2D eigenvalue weighted by molar-refractivity contribution is 5.99. The molecule has 1 atom stereocenters. The minimum Gasteiger partial charge on any atom is -0.402 e. The van der Waals surface area contributed by atoms with Crippen molar-refractivity contribution >= 4 is 17.7 Å². The molecule has 0 aromatic heterocycles. The number of nitrogens with zero attached hydrogens (tertiary/aromatic N) is 1. The zero-order valence-electron chi connectivity index (χ0n) is 16.3. The number of hydrogen-bond acceptors (Lipinski definition) is 5. The maximum Gasteiger partial charge on any atom is 0.161 e. The van der Waals surface area contributed by atoms with Gasteiger partial charge in [-0.1, -0.05) is 0 Å². The molecule has 6 heteroatoms. The molecule has 0 spiro atoms. The average molecular weight is 372 g/mol. The molecule has 0 bridgehead atoms. The van der Waals surface area contributed by atoms with Crippen molar-refractivity contribution in [3.05, 3.63) is 52.6 Å². The fourth-order valence-electron chi connectivity index (χ4n) is 2.66. The van der Waals surface area contributed by atoms with Crippen molar-refractivity contribution in [3.8, 4) is 0 Å². The molecule has 1 unspecified atom stereocenters. The molecule has 0 radical (unpaired) electrons. The minimum absolute atomic E-state index is 0.198. The molecule has 27 heavy (non-hydrogen) atoms. The third-order valence-electron chi connectivity index (χ3n) is 4.32. The van der Waals surface area contributed by atoms with Gasteiger partial charge in [0.2, 0.25) is 0 Å². The highest BCUT2D eigenvalue weighted by atomic mass is 19.1. The maximum atomic E-state index is 13.5. The van der Waals surface area contributed by atoms with Crippen LogP contribution >= 0.6 is 0 Å². The first-order chi connectivity index (χ1) is 12.8. The monoisotopic (exact) mass is 372 g/mol. The maximum absolute atomic E-state index is 13.5. The topological polar surface area (TPSA) is 93.5 Å². The van der Waals surface area contributed by atoms with E-state index in [1.807, 2.05) is 26.1 Å². The standard InChI is InChI=1S/C21H29FN4O/c1-13(23)8-19(9-17(14(2)24)12-25-11-16-4-5-16)26-21-7-6-18(22)10-20(21)15(3)27/h6-8,10,12-13,16,26H,4-5,9,11,23-24H2,1-3H3/b17-14?,19-8-,25-12?. The van der Waals surface area contributed by atoms with Gasteiger partial charge in [-0.25, -0.2) is 4.39 Å². The second kappa shape index (κ2) is 9.46. The Labute approximate surface area is 160 Å². The van der Waals surface area contributed by atoms with Crippen molar-refractivity contribution in [2.45, 2.75) is 46.1 Å². The number of nitrogens with two attached hydrogens (primary N) is 2. The summed E-state index contributed by atoms with van der Waals surface area (Å²) >= 11 is 0. The van der Waals surface area contributed by atoms with E-state index in [0.29, 0.717) is 29.3 Å². The molecular formula is C21H29FN4O. The Morgan fingerprint density at radius 1 is 1.41 bits per heavy atom. The van der Waals surface area contributed by atoms with Gasteiger partial charge >= 0.3 is 0 Å². The van der Waals surface area contributed by atoms with E-state index >= 15 is 0 Å². The zero-order valence-corrected chi connectivity index (χ0v) is 16.3. The molecule has 1 fully saturated rings. The second-order valence-corrected chi connectivity index (χ2v) is 7.24. The van der Waals surface area contributed by atoms with Gasteiger partial charge < -0.3 is 16.8 Å². The van der Waals surface area contributed by atoms with E-state index in [9.17, 15) is 9.18 Å². The van der Waals surface area contributed by atoms with Crippen LogP contribution in [0.2, 0.25) is 0 Å². The van der Waals surface area contributed by atoms with Crippen LogP contribution in [-0.2, 0) is 0 Å². The van der Waals surface area contributed by atoms with Crippen LogP contribution in [0.3, 0.4) is 0 Å². The van der Waals surface area contributed by atoms with Gasteiger partial charge in [0.1, 0.15) is 5.82 Å². The fourth-order valence-corrected chi connectivity index (χ4v) is 2.66. The number of allylic oxidation sites excluding steroid dienone is 2. The Hall–Kier alpha value is -2.47. The predicted octanol–water partition coefficient (Wildman–Crippen LogP) is 3.77. The number of nitrogens with one attached hydrogen (secondary N) is 1. The van der Waals surface area contributed by atoms with Crippen LogP contribution in [0.4, 0.5) is 10.1 Å². The number of hydrogen-bond donors (Lipinski definition) is 3. The molecule has 0 amide bonds. The van der Waals surface area contributed by atoms with E-state index in [1.54, 1.807) is 6.07 Å². The number of anilines is 1. The summed E-state index contributed by atoms with van der Waals surface area (Å²) < 4.78 is 13.5. The number of carbonyl (C=O) groups excluding carboxylic acids is 1. The Morgan fingerprint density at radius 2 is 2.11 bits per heavy atom. The zero-order chi connectivity index (χ0) is 20.0. The largest absolute Gasteiger partial charge is 0.402 e. The first kappa shape index (κ1) is 20.8. The normalized spacial score (nSPS) is 17.0. The van der Waals surface area contributed by atoms with Crippen molar-refractivity contribution in [2.24, 2.45) is 22.4 Å². The molecule has 0 saturated heterocycles. The average Bonchev–Trinajstić information content (AvgIpc) is 3.38. The summed E-state index contributed by atoms with van der Waals surface area (Å²) in [6.45, 7) is 5.93. The molecule has 1 aromatic rings. The SMILES string of the molecule is CC(=O)c1cc(F)ccc1N/C(=C\C(C)N)CC(C=NCC1CC1)=C(C)N. The lowest BCUT2D eigenvalue weighted by Gasteiger charge is -2.16. The summed E-state index contributed by atoms with van der Waals surface area (Å²) in [7, 11) is 0. The molecule has 1 aliphatic rings. The lowest BCUT2D eigenvalue weighted by molar-refractivity contribution is 0.101. The molecule has 1 aliphatic carbocycles. The summed E-state index contributed by atoms with van der Waals surface area (Å²) in [5.74, 6) is 0.0399. The number of halogens is 1. The number of benzene rings is 1. The summed E-state index contributed by atoms with van der Waals surface area (Å²) in [4.78, 5) is 16.4. The van der Waals surface area contributed by atoms with Crippen molar-refractivity contribution < 1.29 is 9.18 Å². The highest BCUT2D eigenvalue weighted by Crippen LogP contribution is 2.29. The molecule has 5 N–H and O–H groups in total. The van der Waals surface area contributed by atoms with Gasteiger partial charge in [0.25, 0.3) is 0 Å².